The van der Waals surface area contributed by atoms with E-state index in [9.17, 15) is 0 Å². The Morgan fingerprint density at radius 2 is 1.89 bits per heavy atom. The van der Waals surface area contributed by atoms with Gasteiger partial charge in [0, 0.05) is 16.7 Å². The first kappa shape index (κ1) is 15.6. The van der Waals surface area contributed by atoms with Crippen molar-refractivity contribution in [1.82, 2.24) is 10.3 Å². The molecule has 0 spiro atoms. The van der Waals surface area contributed by atoms with Gasteiger partial charge in [0.15, 0.2) is 0 Å². The fourth-order valence-corrected chi connectivity index (χ4v) is 2.40. The Morgan fingerprint density at radius 1 is 1.17 bits per heavy atom. The highest BCUT2D eigenvalue weighted by Gasteiger charge is 2.09. The quantitative estimate of drug-likeness (QED) is 0.659. The average Bonchev–Trinajstić information content (AvgIpc) is 2.39. The number of rotatable bonds is 9. The summed E-state index contributed by atoms with van der Waals surface area (Å²) < 4.78 is 1.04. The summed E-state index contributed by atoms with van der Waals surface area (Å²) in [6.45, 7) is 2.26. The van der Waals surface area contributed by atoms with Gasteiger partial charge < -0.3 is 5.32 Å². The van der Waals surface area contributed by atoms with Crippen molar-refractivity contribution in [2.75, 3.05) is 7.05 Å². The minimum absolute atomic E-state index is 0.393. The molecule has 1 rings (SSSR count). The molecule has 0 aliphatic rings. The lowest BCUT2D eigenvalue weighted by Crippen LogP contribution is -2.17. The lowest BCUT2D eigenvalue weighted by molar-refractivity contribution is 0.489. The third-order valence-corrected chi connectivity index (χ3v) is 3.77. The summed E-state index contributed by atoms with van der Waals surface area (Å²) in [6.07, 6.45) is 11.1. The molecule has 1 heterocycles. The highest BCUT2D eigenvalue weighted by molar-refractivity contribution is 9.10. The predicted molar refractivity (Wildman–Crippen MR) is 81.7 cm³/mol. The number of nitrogens with one attached hydrogen (secondary N) is 1. The van der Waals surface area contributed by atoms with Crippen molar-refractivity contribution in [3.05, 3.63) is 28.5 Å². The molecule has 0 saturated carbocycles. The SMILES string of the molecule is CCCCCCCCC(NC)c1ccc(Br)cn1. The molecule has 1 N–H and O–H groups in total. The van der Waals surface area contributed by atoms with Crippen LogP contribution in [0.15, 0.2) is 22.8 Å². The van der Waals surface area contributed by atoms with E-state index >= 15 is 0 Å². The van der Waals surface area contributed by atoms with Crippen molar-refractivity contribution in [2.45, 2.75) is 57.9 Å². The van der Waals surface area contributed by atoms with Crippen LogP contribution in [0.5, 0.6) is 0 Å². The average molecular weight is 313 g/mol. The highest BCUT2D eigenvalue weighted by Crippen LogP contribution is 2.19. The Balaban J connectivity index is 2.27. The Hall–Kier alpha value is -0.410. The van der Waals surface area contributed by atoms with Crippen LogP contribution in [0, 0.1) is 0 Å². The van der Waals surface area contributed by atoms with Crippen LogP contribution in [-0.4, -0.2) is 12.0 Å². The van der Waals surface area contributed by atoms with Crippen LogP contribution in [0.1, 0.15) is 63.6 Å². The van der Waals surface area contributed by atoms with Crippen molar-refractivity contribution in [2.24, 2.45) is 0 Å². The molecule has 0 aromatic carbocycles. The molecule has 1 atom stereocenters. The van der Waals surface area contributed by atoms with Gasteiger partial charge in [0.05, 0.1) is 5.69 Å². The number of hydrogen-bond donors (Lipinski definition) is 1. The molecule has 2 nitrogen and oxygen atoms in total. The summed E-state index contributed by atoms with van der Waals surface area (Å²) in [5.74, 6) is 0. The largest absolute Gasteiger partial charge is 0.312 e. The fourth-order valence-electron chi connectivity index (χ4n) is 2.16. The minimum Gasteiger partial charge on any atom is -0.312 e. The number of aromatic nitrogens is 1. The van der Waals surface area contributed by atoms with E-state index < -0.39 is 0 Å². The molecular formula is C15H25BrN2. The minimum atomic E-state index is 0.393. The van der Waals surface area contributed by atoms with Crippen LogP contribution in [-0.2, 0) is 0 Å². The molecular weight excluding hydrogens is 288 g/mol. The summed E-state index contributed by atoms with van der Waals surface area (Å²) >= 11 is 3.42. The number of unbranched alkanes of at least 4 members (excludes halogenated alkanes) is 5. The summed E-state index contributed by atoms with van der Waals surface area (Å²) in [7, 11) is 2.02. The third-order valence-electron chi connectivity index (χ3n) is 3.30. The van der Waals surface area contributed by atoms with Gasteiger partial charge in [0.2, 0.25) is 0 Å². The molecule has 102 valence electrons. The van der Waals surface area contributed by atoms with Crippen LogP contribution in [0.2, 0.25) is 0 Å². The Bertz CT molecular complexity index is 311. The van der Waals surface area contributed by atoms with Gasteiger partial charge in [0.25, 0.3) is 0 Å². The van der Waals surface area contributed by atoms with E-state index in [0.29, 0.717) is 6.04 Å². The van der Waals surface area contributed by atoms with Crippen LogP contribution >= 0.6 is 15.9 Å². The molecule has 3 heteroatoms. The Kier molecular flexibility index (Phi) is 8.27. The van der Waals surface area contributed by atoms with Crippen molar-refractivity contribution in [1.29, 1.82) is 0 Å². The molecule has 0 bridgehead atoms. The van der Waals surface area contributed by atoms with Gasteiger partial charge in [-0.3, -0.25) is 4.98 Å². The Labute approximate surface area is 120 Å². The van der Waals surface area contributed by atoms with Gasteiger partial charge in [-0.25, -0.2) is 0 Å². The predicted octanol–water partition coefficient (Wildman–Crippen LogP) is 4.86. The zero-order chi connectivity index (χ0) is 13.2. The van der Waals surface area contributed by atoms with Crippen molar-refractivity contribution < 1.29 is 0 Å². The topological polar surface area (TPSA) is 24.9 Å². The smallest absolute Gasteiger partial charge is 0.0573 e. The standard InChI is InChI=1S/C15H25BrN2/c1-3-4-5-6-7-8-9-14(17-2)15-11-10-13(16)12-18-15/h10-12,14,17H,3-9H2,1-2H3. The van der Waals surface area contributed by atoms with Gasteiger partial charge in [-0.1, -0.05) is 45.4 Å². The zero-order valence-corrected chi connectivity index (χ0v) is 13.2. The summed E-state index contributed by atoms with van der Waals surface area (Å²) in [5, 5.41) is 3.36. The molecule has 18 heavy (non-hydrogen) atoms. The van der Waals surface area contributed by atoms with Crippen LogP contribution in [0.25, 0.3) is 0 Å². The molecule has 1 unspecified atom stereocenters. The second-order valence-electron chi connectivity index (χ2n) is 4.80. The van der Waals surface area contributed by atoms with E-state index in [1.165, 1.54) is 44.9 Å². The van der Waals surface area contributed by atoms with Crippen LogP contribution < -0.4 is 5.32 Å². The Morgan fingerprint density at radius 3 is 2.50 bits per heavy atom. The fraction of sp³-hybridized carbons (Fsp3) is 0.667. The molecule has 0 aliphatic carbocycles. The molecule has 0 amide bonds. The van der Waals surface area contributed by atoms with E-state index in [1.54, 1.807) is 0 Å². The molecule has 0 radical (unpaired) electrons. The number of halogens is 1. The van der Waals surface area contributed by atoms with Crippen molar-refractivity contribution in [3.8, 4) is 0 Å². The first-order valence-electron chi connectivity index (χ1n) is 7.06. The third kappa shape index (κ3) is 5.96. The van der Waals surface area contributed by atoms with Gasteiger partial charge in [-0.05, 0) is 41.5 Å². The molecule has 0 saturated heterocycles. The summed E-state index contributed by atoms with van der Waals surface area (Å²) in [5.41, 5.74) is 1.15. The van der Waals surface area contributed by atoms with Crippen LogP contribution in [0.3, 0.4) is 0 Å². The first-order valence-corrected chi connectivity index (χ1v) is 7.86. The second kappa shape index (κ2) is 9.51. The lowest BCUT2D eigenvalue weighted by Gasteiger charge is -2.15. The molecule has 0 aliphatic heterocycles. The maximum atomic E-state index is 4.47. The highest BCUT2D eigenvalue weighted by atomic mass is 79.9. The van der Waals surface area contributed by atoms with Gasteiger partial charge in [-0.2, -0.15) is 0 Å². The van der Waals surface area contributed by atoms with Crippen LogP contribution in [0.4, 0.5) is 0 Å². The first-order chi connectivity index (χ1) is 8.77. The molecule has 1 aromatic rings. The zero-order valence-electron chi connectivity index (χ0n) is 11.6. The maximum absolute atomic E-state index is 4.47. The summed E-state index contributed by atoms with van der Waals surface area (Å²) in [4.78, 5) is 4.47. The monoisotopic (exact) mass is 312 g/mol. The van der Waals surface area contributed by atoms with Gasteiger partial charge in [0.1, 0.15) is 0 Å². The van der Waals surface area contributed by atoms with E-state index in [2.05, 4.69) is 45.3 Å². The lowest BCUT2D eigenvalue weighted by atomic mass is 10.0. The van der Waals surface area contributed by atoms with E-state index in [4.69, 9.17) is 0 Å². The second-order valence-corrected chi connectivity index (χ2v) is 5.71. The van der Waals surface area contributed by atoms with E-state index in [1.807, 2.05) is 13.2 Å². The molecule has 1 aromatic heterocycles. The number of pyridine rings is 1. The van der Waals surface area contributed by atoms with Gasteiger partial charge in [-0.15, -0.1) is 0 Å². The number of hydrogen-bond acceptors (Lipinski definition) is 2. The normalized spacial score (nSPS) is 12.6. The maximum Gasteiger partial charge on any atom is 0.0573 e. The summed E-state index contributed by atoms with van der Waals surface area (Å²) in [6, 6.07) is 4.56. The van der Waals surface area contributed by atoms with Crippen molar-refractivity contribution in [3.63, 3.8) is 0 Å². The van der Waals surface area contributed by atoms with Gasteiger partial charge >= 0.3 is 0 Å². The number of nitrogens with zero attached hydrogens (tertiary/aromatic N) is 1. The van der Waals surface area contributed by atoms with E-state index in [-0.39, 0.29) is 0 Å². The van der Waals surface area contributed by atoms with Crippen molar-refractivity contribution >= 4 is 15.9 Å². The van der Waals surface area contributed by atoms with E-state index in [0.717, 1.165) is 10.2 Å². The molecule has 0 fully saturated rings.